The molecular formula is C32H48N2O2. The van der Waals surface area contributed by atoms with E-state index in [1.807, 2.05) is 18.2 Å². The van der Waals surface area contributed by atoms with Gasteiger partial charge in [0.1, 0.15) is 0 Å². The molecule has 0 fully saturated rings. The zero-order chi connectivity index (χ0) is 25.7. The molecular weight excluding hydrogens is 444 g/mol. The SMILES string of the molecule is CCCCCCCCCCCCCCCCCCNC(=O)Nc1ccc(C(=O)c2ccccc2)cc1. The number of carbonyl (C=O) groups is 2. The van der Waals surface area contributed by atoms with Crippen molar-refractivity contribution in [3.8, 4) is 0 Å². The number of urea groups is 1. The molecule has 198 valence electrons. The van der Waals surface area contributed by atoms with Crippen molar-refractivity contribution in [3.05, 3.63) is 65.7 Å². The summed E-state index contributed by atoms with van der Waals surface area (Å²) in [6.45, 7) is 2.97. The number of nitrogens with one attached hydrogen (secondary N) is 2. The molecule has 0 aromatic heterocycles. The third-order valence-electron chi connectivity index (χ3n) is 6.76. The van der Waals surface area contributed by atoms with Gasteiger partial charge < -0.3 is 10.6 Å². The Bertz CT molecular complexity index is 833. The molecule has 36 heavy (non-hydrogen) atoms. The van der Waals surface area contributed by atoms with Crippen LogP contribution in [-0.2, 0) is 0 Å². The van der Waals surface area contributed by atoms with Crippen molar-refractivity contribution >= 4 is 17.5 Å². The molecule has 4 nitrogen and oxygen atoms in total. The first-order valence-corrected chi connectivity index (χ1v) is 14.5. The lowest BCUT2D eigenvalue weighted by atomic mass is 10.0. The minimum atomic E-state index is -0.196. The Morgan fingerprint density at radius 1 is 0.556 bits per heavy atom. The Hall–Kier alpha value is -2.62. The van der Waals surface area contributed by atoms with Crippen molar-refractivity contribution in [3.63, 3.8) is 0 Å². The van der Waals surface area contributed by atoms with Crippen LogP contribution in [-0.4, -0.2) is 18.4 Å². The van der Waals surface area contributed by atoms with Gasteiger partial charge in [-0.2, -0.15) is 0 Å². The lowest BCUT2D eigenvalue weighted by Crippen LogP contribution is -2.29. The van der Waals surface area contributed by atoms with Crippen LogP contribution in [0.3, 0.4) is 0 Å². The molecule has 0 radical (unpaired) electrons. The molecule has 0 aliphatic carbocycles. The minimum absolute atomic E-state index is 0.0184. The number of hydrogen-bond acceptors (Lipinski definition) is 2. The van der Waals surface area contributed by atoms with Crippen LogP contribution in [0.25, 0.3) is 0 Å². The fourth-order valence-corrected chi connectivity index (χ4v) is 4.51. The molecule has 0 atom stereocenters. The molecule has 2 rings (SSSR count). The van der Waals surface area contributed by atoms with Crippen molar-refractivity contribution in [1.29, 1.82) is 0 Å². The Labute approximate surface area is 219 Å². The summed E-state index contributed by atoms with van der Waals surface area (Å²) in [7, 11) is 0. The van der Waals surface area contributed by atoms with Gasteiger partial charge in [0.25, 0.3) is 0 Å². The van der Waals surface area contributed by atoms with E-state index in [1.54, 1.807) is 36.4 Å². The molecule has 0 heterocycles. The topological polar surface area (TPSA) is 58.2 Å². The van der Waals surface area contributed by atoms with Gasteiger partial charge in [-0.3, -0.25) is 4.79 Å². The Kier molecular flexibility index (Phi) is 16.1. The van der Waals surface area contributed by atoms with E-state index in [0.29, 0.717) is 23.4 Å². The second-order valence-corrected chi connectivity index (χ2v) is 9.96. The lowest BCUT2D eigenvalue weighted by molar-refractivity contribution is 0.103. The van der Waals surface area contributed by atoms with Crippen LogP contribution in [0.15, 0.2) is 54.6 Å². The summed E-state index contributed by atoms with van der Waals surface area (Å²) < 4.78 is 0. The summed E-state index contributed by atoms with van der Waals surface area (Å²) in [4.78, 5) is 24.6. The highest BCUT2D eigenvalue weighted by Crippen LogP contribution is 2.15. The van der Waals surface area contributed by atoms with Crippen molar-refractivity contribution in [1.82, 2.24) is 5.32 Å². The van der Waals surface area contributed by atoms with Crippen LogP contribution >= 0.6 is 0 Å². The van der Waals surface area contributed by atoms with Gasteiger partial charge in [0.05, 0.1) is 0 Å². The number of unbranched alkanes of at least 4 members (excludes halogenated alkanes) is 15. The summed E-state index contributed by atoms with van der Waals surface area (Å²) in [5.41, 5.74) is 1.96. The molecule has 0 unspecified atom stereocenters. The summed E-state index contributed by atoms with van der Waals surface area (Å²) >= 11 is 0. The standard InChI is InChI=1S/C32H48N2O2/c1-2-3-4-5-6-7-8-9-10-11-12-13-14-15-16-20-27-33-32(36)34-30-25-23-29(24-26-30)31(35)28-21-18-17-19-22-28/h17-19,21-26H,2-16,20,27H2,1H3,(H2,33,34,36). The van der Waals surface area contributed by atoms with E-state index in [2.05, 4.69) is 17.6 Å². The lowest BCUT2D eigenvalue weighted by Gasteiger charge is -2.08. The van der Waals surface area contributed by atoms with Gasteiger partial charge >= 0.3 is 6.03 Å². The molecule has 0 aliphatic heterocycles. The first kappa shape index (κ1) is 29.6. The quantitative estimate of drug-likeness (QED) is 0.143. The van der Waals surface area contributed by atoms with E-state index in [9.17, 15) is 9.59 Å². The third-order valence-corrected chi connectivity index (χ3v) is 6.76. The first-order chi connectivity index (χ1) is 17.7. The highest BCUT2D eigenvalue weighted by atomic mass is 16.2. The fourth-order valence-electron chi connectivity index (χ4n) is 4.51. The summed E-state index contributed by atoms with van der Waals surface area (Å²) in [5.74, 6) is -0.0184. The van der Waals surface area contributed by atoms with Crippen molar-refractivity contribution < 1.29 is 9.59 Å². The van der Waals surface area contributed by atoms with Gasteiger partial charge in [0.2, 0.25) is 0 Å². The van der Waals surface area contributed by atoms with E-state index in [0.717, 1.165) is 12.8 Å². The Morgan fingerprint density at radius 3 is 1.50 bits per heavy atom. The third kappa shape index (κ3) is 13.5. The molecule has 0 aliphatic rings. The van der Waals surface area contributed by atoms with Gasteiger partial charge in [-0.1, -0.05) is 134 Å². The number of ketones is 1. The number of benzene rings is 2. The van der Waals surface area contributed by atoms with Gasteiger partial charge in [-0.05, 0) is 30.7 Å². The number of amides is 2. The molecule has 0 saturated carbocycles. The number of rotatable bonds is 20. The van der Waals surface area contributed by atoms with Gasteiger partial charge in [0, 0.05) is 23.4 Å². The molecule has 2 amide bonds. The van der Waals surface area contributed by atoms with Crippen molar-refractivity contribution in [2.75, 3.05) is 11.9 Å². The zero-order valence-corrected chi connectivity index (χ0v) is 22.5. The highest BCUT2D eigenvalue weighted by molar-refractivity contribution is 6.09. The second-order valence-electron chi connectivity index (χ2n) is 9.96. The van der Waals surface area contributed by atoms with Crippen LogP contribution in [0.5, 0.6) is 0 Å². The predicted molar refractivity (Wildman–Crippen MR) is 153 cm³/mol. The average Bonchev–Trinajstić information content (AvgIpc) is 2.91. The minimum Gasteiger partial charge on any atom is -0.338 e. The van der Waals surface area contributed by atoms with Crippen LogP contribution in [0.1, 0.15) is 126 Å². The largest absolute Gasteiger partial charge is 0.338 e. The van der Waals surface area contributed by atoms with Crippen LogP contribution in [0, 0.1) is 0 Å². The highest BCUT2D eigenvalue weighted by Gasteiger charge is 2.08. The summed E-state index contributed by atoms with van der Waals surface area (Å²) in [5, 5.41) is 5.77. The summed E-state index contributed by atoms with van der Waals surface area (Å²) in [6, 6.07) is 16.1. The van der Waals surface area contributed by atoms with Crippen molar-refractivity contribution in [2.24, 2.45) is 0 Å². The smallest absolute Gasteiger partial charge is 0.319 e. The van der Waals surface area contributed by atoms with Crippen LogP contribution in [0.2, 0.25) is 0 Å². The van der Waals surface area contributed by atoms with E-state index in [4.69, 9.17) is 0 Å². The molecule has 4 heteroatoms. The van der Waals surface area contributed by atoms with E-state index >= 15 is 0 Å². The molecule has 0 spiro atoms. The average molecular weight is 493 g/mol. The normalized spacial score (nSPS) is 10.8. The Balaban J connectivity index is 1.41. The maximum Gasteiger partial charge on any atom is 0.319 e. The molecule has 2 N–H and O–H groups in total. The predicted octanol–water partition coefficient (Wildman–Crippen LogP) is 9.30. The zero-order valence-electron chi connectivity index (χ0n) is 22.5. The van der Waals surface area contributed by atoms with Gasteiger partial charge in [-0.15, -0.1) is 0 Å². The molecule has 2 aromatic carbocycles. The maximum atomic E-state index is 12.5. The number of carbonyl (C=O) groups excluding carboxylic acids is 2. The van der Waals surface area contributed by atoms with Crippen LogP contribution in [0.4, 0.5) is 10.5 Å². The Morgan fingerprint density at radius 2 is 1.00 bits per heavy atom. The van der Waals surface area contributed by atoms with E-state index in [1.165, 1.54) is 89.9 Å². The van der Waals surface area contributed by atoms with E-state index in [-0.39, 0.29) is 11.8 Å². The first-order valence-electron chi connectivity index (χ1n) is 14.5. The van der Waals surface area contributed by atoms with Gasteiger partial charge in [-0.25, -0.2) is 4.79 Å². The number of anilines is 1. The van der Waals surface area contributed by atoms with Crippen LogP contribution < -0.4 is 10.6 Å². The molecule has 0 saturated heterocycles. The number of hydrogen-bond donors (Lipinski definition) is 2. The fraction of sp³-hybridized carbons (Fsp3) is 0.562. The van der Waals surface area contributed by atoms with Gasteiger partial charge in [0.15, 0.2) is 5.78 Å². The maximum absolute atomic E-state index is 12.5. The molecule has 2 aromatic rings. The monoisotopic (exact) mass is 492 g/mol. The second kappa shape index (κ2) is 19.6. The van der Waals surface area contributed by atoms with E-state index < -0.39 is 0 Å². The van der Waals surface area contributed by atoms with Crippen molar-refractivity contribution in [2.45, 2.75) is 110 Å². The molecule has 0 bridgehead atoms. The summed E-state index contributed by atoms with van der Waals surface area (Å²) in [6.07, 6.45) is 21.5.